The van der Waals surface area contributed by atoms with Crippen LogP contribution in [0.5, 0.6) is 11.5 Å². The molecule has 0 saturated carbocycles. The Morgan fingerprint density at radius 2 is 1.73 bits per heavy atom. The highest BCUT2D eigenvalue weighted by Gasteiger charge is 2.18. The third-order valence-electron chi connectivity index (χ3n) is 4.37. The van der Waals surface area contributed by atoms with E-state index in [9.17, 15) is 13.2 Å². The van der Waals surface area contributed by atoms with Crippen LogP contribution >= 0.6 is 11.3 Å². The summed E-state index contributed by atoms with van der Waals surface area (Å²) in [6.45, 7) is 0.518. The predicted molar refractivity (Wildman–Crippen MR) is 117 cm³/mol. The van der Waals surface area contributed by atoms with Crippen molar-refractivity contribution < 1.29 is 22.7 Å². The summed E-state index contributed by atoms with van der Waals surface area (Å²) in [4.78, 5) is 15.3. The van der Waals surface area contributed by atoms with Crippen molar-refractivity contribution in [2.75, 3.05) is 26.0 Å². The molecule has 0 aliphatic rings. The zero-order valence-corrected chi connectivity index (χ0v) is 18.4. The highest BCUT2D eigenvalue weighted by atomic mass is 32.2. The second-order valence-corrected chi connectivity index (χ2v) is 9.15. The van der Waals surface area contributed by atoms with Crippen LogP contribution in [-0.2, 0) is 16.6 Å². The van der Waals surface area contributed by atoms with Gasteiger partial charge in [0.25, 0.3) is 15.9 Å². The number of anilines is 1. The molecule has 3 aromatic rings. The van der Waals surface area contributed by atoms with Crippen molar-refractivity contribution in [1.82, 2.24) is 4.90 Å². The molecular formula is C21H22N2O5S2. The van der Waals surface area contributed by atoms with Crippen LogP contribution in [-0.4, -0.2) is 40.5 Å². The molecule has 0 unspecified atom stereocenters. The van der Waals surface area contributed by atoms with E-state index >= 15 is 0 Å². The van der Waals surface area contributed by atoms with Gasteiger partial charge in [0.1, 0.15) is 0 Å². The second-order valence-electron chi connectivity index (χ2n) is 6.44. The number of nitrogens with one attached hydrogen (secondary N) is 1. The predicted octanol–water partition coefficient (Wildman–Crippen LogP) is 3.84. The lowest BCUT2D eigenvalue weighted by Gasteiger charge is -2.16. The maximum atomic E-state index is 12.7. The van der Waals surface area contributed by atoms with Crippen molar-refractivity contribution in [3.05, 3.63) is 70.4 Å². The molecule has 1 N–H and O–H groups in total. The molecule has 30 heavy (non-hydrogen) atoms. The molecule has 2 aromatic carbocycles. The van der Waals surface area contributed by atoms with Crippen LogP contribution < -0.4 is 14.2 Å². The fourth-order valence-corrected chi connectivity index (χ4v) is 4.64. The van der Waals surface area contributed by atoms with E-state index < -0.39 is 10.0 Å². The minimum Gasteiger partial charge on any atom is -0.493 e. The average molecular weight is 447 g/mol. The van der Waals surface area contributed by atoms with Gasteiger partial charge in [-0.3, -0.25) is 9.52 Å². The van der Waals surface area contributed by atoms with E-state index in [2.05, 4.69) is 4.72 Å². The van der Waals surface area contributed by atoms with Gasteiger partial charge in [-0.2, -0.15) is 0 Å². The van der Waals surface area contributed by atoms with Gasteiger partial charge in [0.05, 0.1) is 25.7 Å². The van der Waals surface area contributed by atoms with E-state index in [1.54, 1.807) is 47.5 Å². The number of ether oxygens (including phenoxy) is 2. The fraction of sp³-hybridized carbons (Fsp3) is 0.190. The molecule has 3 rings (SSSR count). The van der Waals surface area contributed by atoms with Crippen molar-refractivity contribution in [2.45, 2.75) is 11.4 Å². The summed E-state index contributed by atoms with van der Waals surface area (Å²) in [5.74, 6) is 0.610. The maximum absolute atomic E-state index is 12.7. The first kappa shape index (κ1) is 21.7. The first-order valence-electron chi connectivity index (χ1n) is 8.97. The van der Waals surface area contributed by atoms with Gasteiger partial charge in [-0.1, -0.05) is 6.07 Å². The van der Waals surface area contributed by atoms with Crippen LogP contribution in [0.1, 0.15) is 15.2 Å². The molecule has 0 aliphatic heterocycles. The summed E-state index contributed by atoms with van der Waals surface area (Å²) in [5, 5.41) is 1.97. The van der Waals surface area contributed by atoms with E-state index in [1.807, 2.05) is 17.5 Å². The number of hydrogen-bond donors (Lipinski definition) is 1. The largest absolute Gasteiger partial charge is 0.493 e. The number of sulfonamides is 1. The summed E-state index contributed by atoms with van der Waals surface area (Å²) >= 11 is 1.59. The van der Waals surface area contributed by atoms with Crippen LogP contribution in [0, 0.1) is 0 Å². The molecule has 0 bridgehead atoms. The van der Waals surface area contributed by atoms with Crippen LogP contribution in [0.2, 0.25) is 0 Å². The standard InChI is InChI=1S/C21H22N2O5S2/c1-23(14-17-5-4-12-29-17)21(24)15-6-8-16(9-7-15)22-30(25,26)18-10-11-19(27-2)20(13-18)28-3/h4-13,22H,14H2,1-3H3. The molecular weight excluding hydrogens is 424 g/mol. The topological polar surface area (TPSA) is 84.9 Å². The van der Waals surface area contributed by atoms with Crippen LogP contribution in [0.4, 0.5) is 5.69 Å². The smallest absolute Gasteiger partial charge is 0.262 e. The zero-order chi connectivity index (χ0) is 21.7. The quantitative estimate of drug-likeness (QED) is 0.568. The highest BCUT2D eigenvalue weighted by molar-refractivity contribution is 7.92. The molecule has 0 saturated heterocycles. The van der Waals surface area contributed by atoms with Gasteiger partial charge >= 0.3 is 0 Å². The van der Waals surface area contributed by atoms with Gasteiger partial charge in [-0.15, -0.1) is 11.3 Å². The number of rotatable bonds is 8. The summed E-state index contributed by atoms with van der Waals surface area (Å²) in [6.07, 6.45) is 0. The van der Waals surface area contributed by atoms with Gasteiger partial charge in [0.15, 0.2) is 11.5 Å². The van der Waals surface area contributed by atoms with Crippen molar-refractivity contribution in [2.24, 2.45) is 0 Å². The van der Waals surface area contributed by atoms with Crippen molar-refractivity contribution >= 4 is 33.0 Å². The minimum atomic E-state index is -3.83. The Bertz CT molecular complexity index is 1110. The third-order valence-corrected chi connectivity index (χ3v) is 6.61. The van der Waals surface area contributed by atoms with Crippen LogP contribution in [0.3, 0.4) is 0 Å². The Morgan fingerprint density at radius 1 is 1.03 bits per heavy atom. The van der Waals surface area contributed by atoms with E-state index in [0.717, 1.165) is 4.88 Å². The molecule has 0 spiro atoms. The van der Waals surface area contributed by atoms with Crippen molar-refractivity contribution in [3.8, 4) is 11.5 Å². The lowest BCUT2D eigenvalue weighted by molar-refractivity contribution is 0.0786. The number of carbonyl (C=O) groups excluding carboxylic acids is 1. The first-order valence-corrected chi connectivity index (χ1v) is 11.3. The summed E-state index contributed by atoms with van der Waals surface area (Å²) < 4.78 is 38.2. The molecule has 9 heteroatoms. The van der Waals surface area contributed by atoms with Gasteiger partial charge in [-0.05, 0) is 47.8 Å². The number of nitrogens with zero attached hydrogens (tertiary/aromatic N) is 1. The van der Waals surface area contributed by atoms with Crippen LogP contribution in [0.25, 0.3) is 0 Å². The van der Waals surface area contributed by atoms with Gasteiger partial charge in [0, 0.05) is 29.2 Å². The van der Waals surface area contributed by atoms with E-state index in [1.165, 1.54) is 32.4 Å². The van der Waals surface area contributed by atoms with Gasteiger partial charge in [-0.25, -0.2) is 8.42 Å². The first-order chi connectivity index (χ1) is 14.3. The van der Waals surface area contributed by atoms with E-state index in [4.69, 9.17) is 9.47 Å². The molecule has 0 atom stereocenters. The van der Waals surface area contributed by atoms with Crippen molar-refractivity contribution in [1.29, 1.82) is 0 Å². The number of hydrogen-bond acceptors (Lipinski definition) is 6. The third kappa shape index (κ3) is 4.92. The molecule has 0 fully saturated rings. The highest BCUT2D eigenvalue weighted by Crippen LogP contribution is 2.30. The number of amides is 1. The summed E-state index contributed by atoms with van der Waals surface area (Å²) in [6, 6.07) is 14.6. The monoisotopic (exact) mass is 446 g/mol. The number of thiophene rings is 1. The lowest BCUT2D eigenvalue weighted by Crippen LogP contribution is -2.25. The minimum absolute atomic E-state index is 0.0379. The van der Waals surface area contributed by atoms with E-state index in [-0.39, 0.29) is 10.8 Å². The number of carbonyl (C=O) groups is 1. The summed E-state index contributed by atoms with van der Waals surface area (Å²) in [5.41, 5.74) is 0.824. The maximum Gasteiger partial charge on any atom is 0.262 e. The Kier molecular flexibility index (Phi) is 6.63. The second kappa shape index (κ2) is 9.19. The average Bonchev–Trinajstić information content (AvgIpc) is 3.26. The molecule has 0 aliphatic carbocycles. The summed E-state index contributed by atoms with van der Waals surface area (Å²) in [7, 11) is 0.812. The molecule has 1 aromatic heterocycles. The van der Waals surface area contributed by atoms with Crippen LogP contribution in [0.15, 0.2) is 64.9 Å². The number of benzene rings is 2. The Hall–Kier alpha value is -3.04. The SMILES string of the molecule is COc1ccc(S(=O)(=O)Nc2ccc(C(=O)N(C)Cc3cccs3)cc2)cc1OC. The lowest BCUT2D eigenvalue weighted by atomic mass is 10.2. The molecule has 0 radical (unpaired) electrons. The molecule has 158 valence electrons. The molecule has 7 nitrogen and oxygen atoms in total. The van der Waals surface area contributed by atoms with Gasteiger partial charge in [0.2, 0.25) is 0 Å². The Labute approximate surface area is 179 Å². The normalized spacial score (nSPS) is 11.0. The molecule has 1 amide bonds. The fourth-order valence-electron chi connectivity index (χ4n) is 2.81. The Balaban J connectivity index is 1.72. The molecule has 1 heterocycles. The number of methoxy groups -OCH3 is 2. The van der Waals surface area contributed by atoms with E-state index in [0.29, 0.717) is 29.3 Å². The Morgan fingerprint density at radius 3 is 2.33 bits per heavy atom. The zero-order valence-electron chi connectivity index (χ0n) is 16.8. The van der Waals surface area contributed by atoms with Gasteiger partial charge < -0.3 is 14.4 Å². The van der Waals surface area contributed by atoms with Crippen molar-refractivity contribution in [3.63, 3.8) is 0 Å².